The zero-order valence-electron chi connectivity index (χ0n) is 18.7. The van der Waals surface area contributed by atoms with E-state index in [2.05, 4.69) is 5.32 Å². The van der Waals surface area contributed by atoms with Crippen molar-refractivity contribution in [2.24, 2.45) is 11.7 Å². The number of likely N-dealkylation sites (tertiary alicyclic amines) is 1. The van der Waals surface area contributed by atoms with Gasteiger partial charge in [-0.1, -0.05) is 18.2 Å². The number of benzene rings is 2. The highest BCUT2D eigenvalue weighted by molar-refractivity contribution is 6.03. The zero-order valence-corrected chi connectivity index (χ0v) is 18.7. The maximum Gasteiger partial charge on any atom is 0.407 e. The van der Waals surface area contributed by atoms with Crippen LogP contribution in [0.4, 0.5) is 10.6 Å². The highest BCUT2D eigenvalue weighted by Crippen LogP contribution is 2.40. The van der Waals surface area contributed by atoms with Crippen LogP contribution in [-0.2, 0) is 0 Å². The van der Waals surface area contributed by atoms with Crippen molar-refractivity contribution in [3.05, 3.63) is 60.2 Å². The summed E-state index contributed by atoms with van der Waals surface area (Å²) >= 11 is 0. The fraction of sp³-hybridized carbons (Fsp3) is 0.320. The van der Waals surface area contributed by atoms with Crippen molar-refractivity contribution >= 4 is 17.8 Å². The van der Waals surface area contributed by atoms with Crippen LogP contribution < -0.4 is 15.8 Å². The number of amides is 2. The Morgan fingerprint density at radius 1 is 1.00 bits per heavy atom. The van der Waals surface area contributed by atoms with Gasteiger partial charge in [0.15, 0.2) is 0 Å². The lowest BCUT2D eigenvalue weighted by atomic mass is 9.87. The summed E-state index contributed by atoms with van der Waals surface area (Å²) in [6.07, 6.45) is 1.52. The SMILES string of the molecule is NC(=O)c1c(-c2ccc(Oc3ccccc3)cc2)nn2c1NCCC2C1CCN(C(=O)O)CC1. The molecule has 2 amide bonds. The predicted octanol–water partition coefficient (Wildman–Crippen LogP) is 4.19. The molecule has 3 aromatic rings. The van der Waals surface area contributed by atoms with Gasteiger partial charge in [0.2, 0.25) is 0 Å². The molecule has 0 spiro atoms. The zero-order chi connectivity index (χ0) is 23.7. The Morgan fingerprint density at radius 2 is 1.68 bits per heavy atom. The van der Waals surface area contributed by atoms with Gasteiger partial charge in [-0.15, -0.1) is 0 Å². The summed E-state index contributed by atoms with van der Waals surface area (Å²) in [5, 5.41) is 17.4. The van der Waals surface area contributed by atoms with Crippen LogP contribution in [0, 0.1) is 5.92 Å². The van der Waals surface area contributed by atoms with Gasteiger partial charge in [0.05, 0.1) is 6.04 Å². The molecule has 1 aromatic heterocycles. The summed E-state index contributed by atoms with van der Waals surface area (Å²) in [7, 11) is 0. The maximum atomic E-state index is 12.5. The highest BCUT2D eigenvalue weighted by atomic mass is 16.5. The van der Waals surface area contributed by atoms with Gasteiger partial charge < -0.3 is 25.8 Å². The number of nitrogens with one attached hydrogen (secondary N) is 1. The van der Waals surface area contributed by atoms with Crippen molar-refractivity contribution < 1.29 is 19.4 Å². The van der Waals surface area contributed by atoms with Crippen LogP contribution in [0.25, 0.3) is 11.3 Å². The monoisotopic (exact) mass is 461 g/mol. The number of para-hydroxylation sites is 1. The molecule has 3 heterocycles. The van der Waals surface area contributed by atoms with Crippen LogP contribution >= 0.6 is 0 Å². The molecule has 9 nitrogen and oxygen atoms in total. The minimum atomic E-state index is -0.874. The van der Waals surface area contributed by atoms with E-state index < -0.39 is 12.0 Å². The van der Waals surface area contributed by atoms with Crippen molar-refractivity contribution in [2.45, 2.75) is 25.3 Å². The molecule has 1 unspecified atom stereocenters. The van der Waals surface area contributed by atoms with Gasteiger partial charge in [-0.3, -0.25) is 4.79 Å². The van der Waals surface area contributed by atoms with Crippen LogP contribution in [0.3, 0.4) is 0 Å². The largest absolute Gasteiger partial charge is 0.465 e. The van der Waals surface area contributed by atoms with Crippen LogP contribution in [0.15, 0.2) is 54.6 Å². The van der Waals surface area contributed by atoms with Crippen LogP contribution in [-0.4, -0.2) is 51.4 Å². The molecule has 9 heteroatoms. The second kappa shape index (κ2) is 9.09. The van der Waals surface area contributed by atoms with Gasteiger partial charge in [0, 0.05) is 25.2 Å². The minimum Gasteiger partial charge on any atom is -0.465 e. The third-order valence-electron chi connectivity index (χ3n) is 6.66. The number of carbonyl (C=O) groups excluding carboxylic acids is 1. The molecular weight excluding hydrogens is 434 g/mol. The van der Waals surface area contributed by atoms with E-state index in [1.807, 2.05) is 59.3 Å². The maximum absolute atomic E-state index is 12.5. The molecule has 2 aliphatic rings. The number of hydrogen-bond donors (Lipinski definition) is 3. The summed E-state index contributed by atoms with van der Waals surface area (Å²) in [4.78, 5) is 25.2. The van der Waals surface area contributed by atoms with Crippen LogP contribution in [0.2, 0.25) is 0 Å². The fourth-order valence-electron chi connectivity index (χ4n) is 4.96. The van der Waals surface area contributed by atoms with E-state index >= 15 is 0 Å². The molecule has 4 N–H and O–H groups in total. The number of carboxylic acid groups (broad SMARTS) is 1. The number of hydrogen-bond acceptors (Lipinski definition) is 5. The van der Waals surface area contributed by atoms with E-state index in [1.54, 1.807) is 0 Å². The Bertz CT molecular complexity index is 1180. The number of carbonyl (C=O) groups is 2. The average molecular weight is 462 g/mol. The lowest BCUT2D eigenvalue weighted by molar-refractivity contribution is 0.0998. The fourth-order valence-corrected chi connectivity index (χ4v) is 4.96. The summed E-state index contributed by atoms with van der Waals surface area (Å²) in [6, 6.07) is 17.0. The molecule has 2 aromatic carbocycles. The Balaban J connectivity index is 1.43. The number of anilines is 1. The van der Waals surface area contributed by atoms with E-state index in [1.165, 1.54) is 4.90 Å². The molecule has 0 aliphatic carbocycles. The molecule has 0 radical (unpaired) electrons. The Labute approximate surface area is 197 Å². The molecule has 0 bridgehead atoms. The van der Waals surface area contributed by atoms with Gasteiger partial charge in [-0.05, 0) is 61.6 Å². The predicted molar refractivity (Wildman–Crippen MR) is 127 cm³/mol. The standard InChI is InChI=1S/C25H27N5O4/c26-23(31)21-22(17-6-8-19(9-7-17)34-18-4-2-1-3-5-18)28-30-20(10-13-27-24(21)30)16-11-14-29(15-12-16)25(32)33/h1-9,16,20,27H,10-15H2,(H2,26,31)(H,32,33). The lowest BCUT2D eigenvalue weighted by Crippen LogP contribution is -2.41. The van der Waals surface area contributed by atoms with Crippen LogP contribution in [0.5, 0.6) is 11.5 Å². The molecule has 1 saturated heterocycles. The lowest BCUT2D eigenvalue weighted by Gasteiger charge is -2.37. The van der Waals surface area contributed by atoms with Crippen molar-refractivity contribution in [3.8, 4) is 22.8 Å². The number of primary amides is 1. The molecule has 1 fully saturated rings. The van der Waals surface area contributed by atoms with Gasteiger partial charge >= 0.3 is 6.09 Å². The summed E-state index contributed by atoms with van der Waals surface area (Å²) in [5.74, 6) is 1.82. The van der Waals surface area contributed by atoms with Crippen molar-refractivity contribution in [2.75, 3.05) is 25.0 Å². The number of fused-ring (bicyclic) bond motifs is 1. The number of rotatable bonds is 5. The number of piperidine rings is 1. The van der Waals surface area contributed by atoms with Crippen molar-refractivity contribution in [1.82, 2.24) is 14.7 Å². The summed E-state index contributed by atoms with van der Waals surface area (Å²) in [5.41, 5.74) is 7.49. The number of nitrogens with two attached hydrogens (primary N) is 1. The minimum absolute atomic E-state index is 0.0831. The van der Waals surface area contributed by atoms with Crippen molar-refractivity contribution in [1.29, 1.82) is 0 Å². The van der Waals surface area contributed by atoms with E-state index in [4.69, 9.17) is 15.6 Å². The highest BCUT2D eigenvalue weighted by Gasteiger charge is 2.35. The van der Waals surface area contributed by atoms with Gasteiger partial charge in [-0.2, -0.15) is 5.10 Å². The summed E-state index contributed by atoms with van der Waals surface area (Å²) < 4.78 is 7.77. The summed E-state index contributed by atoms with van der Waals surface area (Å²) in [6.45, 7) is 1.73. The molecule has 0 saturated carbocycles. The Hall–Kier alpha value is -4.01. The number of aromatic nitrogens is 2. The average Bonchev–Trinajstić information content (AvgIpc) is 3.25. The molecule has 176 valence electrons. The Kier molecular flexibility index (Phi) is 5.83. The second-order valence-electron chi connectivity index (χ2n) is 8.71. The van der Waals surface area contributed by atoms with Crippen LogP contribution in [0.1, 0.15) is 35.7 Å². The first kappa shape index (κ1) is 21.8. The first-order valence-corrected chi connectivity index (χ1v) is 11.5. The molecule has 5 rings (SSSR count). The quantitative estimate of drug-likeness (QED) is 0.524. The first-order chi connectivity index (χ1) is 16.5. The second-order valence-corrected chi connectivity index (χ2v) is 8.71. The third kappa shape index (κ3) is 4.16. The van der Waals surface area contributed by atoms with Crippen molar-refractivity contribution in [3.63, 3.8) is 0 Å². The van der Waals surface area contributed by atoms with Gasteiger partial charge in [0.25, 0.3) is 5.91 Å². The smallest absolute Gasteiger partial charge is 0.407 e. The third-order valence-corrected chi connectivity index (χ3v) is 6.66. The van der Waals surface area contributed by atoms with E-state index in [-0.39, 0.29) is 12.0 Å². The van der Waals surface area contributed by atoms with Gasteiger partial charge in [0.1, 0.15) is 28.6 Å². The first-order valence-electron chi connectivity index (χ1n) is 11.5. The molecule has 1 atom stereocenters. The molecule has 34 heavy (non-hydrogen) atoms. The van der Waals surface area contributed by atoms with E-state index in [0.29, 0.717) is 42.5 Å². The van der Waals surface area contributed by atoms with E-state index in [0.717, 1.165) is 30.6 Å². The van der Waals surface area contributed by atoms with Gasteiger partial charge in [-0.25, -0.2) is 9.48 Å². The molecule has 2 aliphatic heterocycles. The number of ether oxygens (including phenoxy) is 1. The normalized spacial score (nSPS) is 18.1. The topological polar surface area (TPSA) is 123 Å². The molecular formula is C25H27N5O4. The number of nitrogens with zero attached hydrogens (tertiary/aromatic N) is 3. The Morgan fingerprint density at radius 3 is 2.32 bits per heavy atom. The van der Waals surface area contributed by atoms with E-state index in [9.17, 15) is 14.7 Å².